The Hall–Kier alpha value is -1.70. The summed E-state index contributed by atoms with van der Waals surface area (Å²) < 4.78 is 64.6. The predicted molar refractivity (Wildman–Crippen MR) is 85.2 cm³/mol. The van der Waals surface area contributed by atoms with Gasteiger partial charge in [0.1, 0.15) is 6.42 Å². The van der Waals surface area contributed by atoms with Crippen molar-refractivity contribution in [2.45, 2.75) is 38.4 Å². The Morgan fingerprint density at radius 3 is 2.62 bits per heavy atom. The van der Waals surface area contributed by atoms with E-state index in [4.69, 9.17) is 0 Å². The Balaban J connectivity index is 1.63. The zero-order valence-electron chi connectivity index (χ0n) is 14.3. The lowest BCUT2D eigenvalue weighted by Gasteiger charge is -2.40. The third-order valence-corrected chi connectivity index (χ3v) is 5.31. The fraction of sp³-hybridized carbons (Fsp3) is 0.611. The molecule has 2 saturated heterocycles. The summed E-state index contributed by atoms with van der Waals surface area (Å²) in [5.41, 5.74) is 0.00796. The van der Waals surface area contributed by atoms with Crippen molar-refractivity contribution in [3.8, 4) is 0 Å². The second-order valence-corrected chi connectivity index (χ2v) is 7.38. The van der Waals surface area contributed by atoms with E-state index in [0.717, 1.165) is 18.9 Å². The van der Waals surface area contributed by atoms with Crippen molar-refractivity contribution in [3.63, 3.8) is 0 Å². The van der Waals surface area contributed by atoms with Crippen LogP contribution in [-0.4, -0.2) is 48.1 Å². The van der Waals surface area contributed by atoms with Gasteiger partial charge in [-0.15, -0.1) is 0 Å². The smallest absolute Gasteiger partial charge is 0.342 e. The number of likely N-dealkylation sites (tertiary alicyclic amines) is 2. The molecule has 0 radical (unpaired) electrons. The van der Waals surface area contributed by atoms with Crippen LogP contribution in [0.15, 0.2) is 18.2 Å². The molecule has 0 saturated carbocycles. The largest absolute Gasteiger partial charge is 0.397 e. The second-order valence-electron chi connectivity index (χ2n) is 7.38. The molecular formula is C18H21F5N2O. The number of halogens is 5. The lowest BCUT2D eigenvalue weighted by Crippen LogP contribution is -2.45. The summed E-state index contributed by atoms with van der Waals surface area (Å²) in [6.45, 7) is 2.15. The van der Waals surface area contributed by atoms with E-state index in [0.29, 0.717) is 32.6 Å². The molecule has 2 heterocycles. The number of alkyl halides is 3. The van der Waals surface area contributed by atoms with Crippen LogP contribution in [0.3, 0.4) is 0 Å². The van der Waals surface area contributed by atoms with Crippen molar-refractivity contribution in [3.05, 3.63) is 35.4 Å². The molecule has 1 spiro atoms. The molecule has 2 aliphatic heterocycles. The standard InChI is InChI=1S/C18H21F5N2O/c19-14-4-1-3-13(16(14)20)10-24-7-2-5-17(11-24)6-8-25(12-17)15(26)9-18(21,22)23/h1,3-4H,2,5-12H2. The molecule has 0 aliphatic carbocycles. The van der Waals surface area contributed by atoms with Crippen LogP contribution in [-0.2, 0) is 11.3 Å². The molecule has 2 fully saturated rings. The van der Waals surface area contributed by atoms with Gasteiger partial charge in [-0.2, -0.15) is 13.2 Å². The molecule has 0 N–H and O–H groups in total. The molecule has 1 atom stereocenters. The average Bonchev–Trinajstić information content (AvgIpc) is 2.94. The van der Waals surface area contributed by atoms with Gasteiger partial charge in [0.15, 0.2) is 11.6 Å². The third-order valence-electron chi connectivity index (χ3n) is 5.31. The summed E-state index contributed by atoms with van der Waals surface area (Å²) in [7, 11) is 0. The number of piperidine rings is 1. The normalized spacial score (nSPS) is 24.4. The minimum absolute atomic E-state index is 0.252. The van der Waals surface area contributed by atoms with Gasteiger partial charge in [0, 0.05) is 37.2 Å². The van der Waals surface area contributed by atoms with Crippen molar-refractivity contribution in [1.29, 1.82) is 0 Å². The van der Waals surface area contributed by atoms with Crippen molar-refractivity contribution in [1.82, 2.24) is 9.80 Å². The van der Waals surface area contributed by atoms with Crippen LogP contribution < -0.4 is 0 Å². The first-order valence-corrected chi connectivity index (χ1v) is 8.67. The second kappa shape index (κ2) is 7.13. The van der Waals surface area contributed by atoms with Gasteiger partial charge < -0.3 is 4.90 Å². The first-order valence-electron chi connectivity index (χ1n) is 8.67. The fourth-order valence-electron chi connectivity index (χ4n) is 4.12. The topological polar surface area (TPSA) is 23.6 Å². The van der Waals surface area contributed by atoms with Gasteiger partial charge >= 0.3 is 6.18 Å². The minimum Gasteiger partial charge on any atom is -0.342 e. The van der Waals surface area contributed by atoms with Crippen LogP contribution in [0, 0.1) is 17.0 Å². The van der Waals surface area contributed by atoms with E-state index < -0.39 is 30.1 Å². The zero-order chi connectivity index (χ0) is 18.9. The highest BCUT2D eigenvalue weighted by Crippen LogP contribution is 2.40. The number of benzene rings is 1. The summed E-state index contributed by atoms with van der Waals surface area (Å²) in [5.74, 6) is -2.64. The van der Waals surface area contributed by atoms with Gasteiger partial charge in [-0.3, -0.25) is 9.69 Å². The van der Waals surface area contributed by atoms with Gasteiger partial charge in [-0.25, -0.2) is 8.78 Å². The summed E-state index contributed by atoms with van der Waals surface area (Å²) >= 11 is 0. The molecule has 0 aromatic heterocycles. The number of carbonyl (C=O) groups is 1. The van der Waals surface area contributed by atoms with E-state index in [1.807, 2.05) is 4.90 Å². The van der Waals surface area contributed by atoms with Crippen LogP contribution >= 0.6 is 0 Å². The van der Waals surface area contributed by atoms with Crippen molar-refractivity contribution >= 4 is 5.91 Å². The Morgan fingerprint density at radius 1 is 1.12 bits per heavy atom. The van der Waals surface area contributed by atoms with Crippen LogP contribution in [0.2, 0.25) is 0 Å². The number of hydrogen-bond donors (Lipinski definition) is 0. The van der Waals surface area contributed by atoms with Gasteiger partial charge in [0.25, 0.3) is 0 Å². The maximum Gasteiger partial charge on any atom is 0.397 e. The van der Waals surface area contributed by atoms with Crippen LogP contribution in [0.25, 0.3) is 0 Å². The summed E-state index contributed by atoms with van der Waals surface area (Å²) in [5, 5.41) is 0. The molecular weight excluding hydrogens is 355 g/mol. The average molecular weight is 376 g/mol. The lowest BCUT2D eigenvalue weighted by atomic mass is 9.79. The van der Waals surface area contributed by atoms with E-state index in [2.05, 4.69) is 0 Å². The first kappa shape index (κ1) is 19.1. The van der Waals surface area contributed by atoms with E-state index >= 15 is 0 Å². The van der Waals surface area contributed by atoms with E-state index in [1.165, 1.54) is 17.0 Å². The third kappa shape index (κ3) is 4.34. The van der Waals surface area contributed by atoms with Crippen molar-refractivity contribution in [2.24, 2.45) is 5.41 Å². The molecule has 3 rings (SSSR count). The molecule has 3 nitrogen and oxygen atoms in total. The molecule has 144 valence electrons. The van der Waals surface area contributed by atoms with Gasteiger partial charge in [-0.05, 0) is 31.9 Å². The van der Waals surface area contributed by atoms with Gasteiger partial charge in [0.05, 0.1) is 0 Å². The van der Waals surface area contributed by atoms with Crippen LogP contribution in [0.1, 0.15) is 31.2 Å². The SMILES string of the molecule is O=C(CC(F)(F)F)N1CCC2(CCCN(Cc3cccc(F)c3F)C2)C1. The molecule has 0 bridgehead atoms. The zero-order valence-corrected chi connectivity index (χ0v) is 14.3. The number of carbonyl (C=O) groups excluding carboxylic acids is 1. The van der Waals surface area contributed by atoms with Crippen LogP contribution in [0.5, 0.6) is 0 Å². The minimum atomic E-state index is -4.50. The Kier molecular flexibility index (Phi) is 5.23. The number of hydrogen-bond acceptors (Lipinski definition) is 2. The highest BCUT2D eigenvalue weighted by atomic mass is 19.4. The van der Waals surface area contributed by atoms with Crippen LogP contribution in [0.4, 0.5) is 22.0 Å². The summed E-state index contributed by atoms with van der Waals surface area (Å²) in [6, 6.07) is 4.06. The maximum absolute atomic E-state index is 13.9. The fourth-order valence-corrected chi connectivity index (χ4v) is 4.12. The van der Waals surface area contributed by atoms with Gasteiger partial charge in [-0.1, -0.05) is 12.1 Å². The molecule has 8 heteroatoms. The molecule has 1 unspecified atom stereocenters. The van der Waals surface area contributed by atoms with E-state index in [1.54, 1.807) is 0 Å². The van der Waals surface area contributed by atoms with Crippen molar-refractivity contribution in [2.75, 3.05) is 26.2 Å². The molecule has 1 amide bonds. The summed E-state index contributed by atoms with van der Waals surface area (Å²) in [4.78, 5) is 15.1. The van der Waals surface area contributed by atoms with E-state index in [-0.39, 0.29) is 17.5 Å². The highest BCUT2D eigenvalue weighted by molar-refractivity contribution is 5.77. The molecule has 1 aromatic carbocycles. The molecule has 2 aliphatic rings. The highest BCUT2D eigenvalue weighted by Gasteiger charge is 2.44. The van der Waals surface area contributed by atoms with Crippen molar-refractivity contribution < 1.29 is 26.7 Å². The Morgan fingerprint density at radius 2 is 1.88 bits per heavy atom. The first-order chi connectivity index (χ1) is 12.2. The predicted octanol–water partition coefficient (Wildman–Crippen LogP) is 3.73. The maximum atomic E-state index is 13.9. The molecule has 1 aromatic rings. The Labute approximate surface area is 148 Å². The van der Waals surface area contributed by atoms with E-state index in [9.17, 15) is 26.7 Å². The number of rotatable bonds is 3. The lowest BCUT2D eigenvalue weighted by molar-refractivity contribution is -0.161. The Bertz CT molecular complexity index is 678. The molecule has 26 heavy (non-hydrogen) atoms. The number of amides is 1. The monoisotopic (exact) mass is 376 g/mol. The summed E-state index contributed by atoms with van der Waals surface area (Å²) in [6.07, 6.45) is -3.65. The van der Waals surface area contributed by atoms with Gasteiger partial charge in [0.2, 0.25) is 5.91 Å². The quantitative estimate of drug-likeness (QED) is 0.751. The number of nitrogens with zero attached hydrogens (tertiary/aromatic N) is 2.